The van der Waals surface area contributed by atoms with Crippen molar-refractivity contribution in [3.63, 3.8) is 0 Å². The van der Waals surface area contributed by atoms with Gasteiger partial charge >= 0.3 is 0 Å². The number of hydrogen-bond donors (Lipinski definition) is 3. The Kier molecular flexibility index (Phi) is 2.35. The fourth-order valence-corrected chi connectivity index (χ4v) is 0.941. The Balaban J connectivity index is 3.09. The van der Waals surface area contributed by atoms with Crippen LogP contribution >= 0.6 is 0 Å². The first-order valence-electron chi connectivity index (χ1n) is 3.55. The summed E-state index contributed by atoms with van der Waals surface area (Å²) in [4.78, 5) is 0. The predicted octanol–water partition coefficient (Wildman–Crippen LogP) is 1.28. The van der Waals surface area contributed by atoms with E-state index in [9.17, 15) is 5.11 Å². The molecule has 0 aliphatic heterocycles. The number of phenols is 2. The molecule has 0 aliphatic rings. The van der Waals surface area contributed by atoms with Crippen LogP contribution in [0.5, 0.6) is 11.5 Å². The van der Waals surface area contributed by atoms with Crippen molar-refractivity contribution in [1.29, 1.82) is 0 Å². The minimum Gasteiger partial charge on any atom is -0.508 e. The smallest absolute Gasteiger partial charge is 0.124 e. The Morgan fingerprint density at radius 3 is 2.58 bits per heavy atom. The van der Waals surface area contributed by atoms with Crippen molar-refractivity contribution in [2.45, 2.75) is 6.04 Å². The summed E-state index contributed by atoms with van der Waals surface area (Å²) in [5.74, 6) is 0.00918. The third-order valence-corrected chi connectivity index (χ3v) is 1.63. The zero-order valence-electron chi connectivity index (χ0n) is 6.57. The van der Waals surface area contributed by atoms with E-state index in [0.717, 1.165) is 0 Å². The Morgan fingerprint density at radius 2 is 2.08 bits per heavy atom. The maximum atomic E-state index is 9.31. The molecule has 12 heavy (non-hydrogen) atoms. The molecular formula is C9H11NO2. The molecule has 4 N–H and O–H groups in total. The van der Waals surface area contributed by atoms with Gasteiger partial charge in [0.05, 0.1) is 6.04 Å². The van der Waals surface area contributed by atoms with Crippen LogP contribution in [0.15, 0.2) is 30.9 Å². The summed E-state index contributed by atoms with van der Waals surface area (Å²) in [5.41, 5.74) is 6.14. The molecule has 0 aliphatic carbocycles. The van der Waals surface area contributed by atoms with Crippen molar-refractivity contribution in [2.75, 3.05) is 0 Å². The monoisotopic (exact) mass is 165 g/mol. The van der Waals surface area contributed by atoms with Crippen LogP contribution in [0.3, 0.4) is 0 Å². The van der Waals surface area contributed by atoms with Gasteiger partial charge in [-0.3, -0.25) is 0 Å². The standard InChI is InChI=1S/C9H11NO2/c1-2-8(10)7-4-3-6(11)5-9(7)12/h2-5,8,11-12H,1,10H2/t8-/m1/s1. The summed E-state index contributed by atoms with van der Waals surface area (Å²) >= 11 is 0. The Bertz CT molecular complexity index is 297. The quantitative estimate of drug-likeness (QED) is 0.578. The van der Waals surface area contributed by atoms with E-state index in [1.165, 1.54) is 18.2 Å². The Hall–Kier alpha value is -1.48. The van der Waals surface area contributed by atoms with E-state index in [4.69, 9.17) is 10.8 Å². The first-order chi connectivity index (χ1) is 5.65. The van der Waals surface area contributed by atoms with E-state index < -0.39 is 6.04 Å². The van der Waals surface area contributed by atoms with Gasteiger partial charge in [-0.25, -0.2) is 0 Å². The molecule has 64 valence electrons. The molecule has 0 saturated heterocycles. The van der Waals surface area contributed by atoms with Gasteiger partial charge in [0.15, 0.2) is 0 Å². The minimum absolute atomic E-state index is 0.0117. The molecule has 1 aromatic rings. The van der Waals surface area contributed by atoms with Crippen LogP contribution in [0.2, 0.25) is 0 Å². The van der Waals surface area contributed by atoms with Crippen LogP contribution in [-0.2, 0) is 0 Å². The van der Waals surface area contributed by atoms with Gasteiger partial charge in [-0.1, -0.05) is 6.08 Å². The molecular weight excluding hydrogens is 154 g/mol. The van der Waals surface area contributed by atoms with E-state index in [2.05, 4.69) is 6.58 Å². The van der Waals surface area contributed by atoms with E-state index in [-0.39, 0.29) is 11.5 Å². The molecule has 0 saturated carbocycles. The lowest BCUT2D eigenvalue weighted by Gasteiger charge is -2.08. The average molecular weight is 165 g/mol. The van der Waals surface area contributed by atoms with Crippen LogP contribution in [0.25, 0.3) is 0 Å². The number of nitrogens with two attached hydrogens (primary N) is 1. The number of phenolic OH excluding ortho intramolecular Hbond substituents is 2. The van der Waals surface area contributed by atoms with Crippen LogP contribution in [0, 0.1) is 0 Å². The zero-order chi connectivity index (χ0) is 9.14. The third-order valence-electron chi connectivity index (χ3n) is 1.63. The highest BCUT2D eigenvalue weighted by atomic mass is 16.3. The molecule has 0 bridgehead atoms. The summed E-state index contributed by atoms with van der Waals surface area (Å²) in [6, 6.07) is 3.89. The molecule has 1 aromatic carbocycles. The van der Waals surface area contributed by atoms with Gasteiger partial charge in [0.1, 0.15) is 11.5 Å². The number of rotatable bonds is 2. The number of hydrogen-bond acceptors (Lipinski definition) is 3. The maximum Gasteiger partial charge on any atom is 0.124 e. The predicted molar refractivity (Wildman–Crippen MR) is 46.9 cm³/mol. The summed E-state index contributed by atoms with van der Waals surface area (Å²) < 4.78 is 0. The second-order valence-corrected chi connectivity index (χ2v) is 2.50. The van der Waals surface area contributed by atoms with E-state index in [1.54, 1.807) is 6.07 Å². The minimum atomic E-state index is -0.398. The molecule has 0 heterocycles. The molecule has 1 rings (SSSR count). The molecule has 0 radical (unpaired) electrons. The molecule has 0 fully saturated rings. The lowest BCUT2D eigenvalue weighted by Crippen LogP contribution is -2.06. The van der Waals surface area contributed by atoms with Crippen LogP contribution in [-0.4, -0.2) is 10.2 Å². The van der Waals surface area contributed by atoms with Crippen molar-refractivity contribution in [1.82, 2.24) is 0 Å². The normalized spacial score (nSPS) is 12.4. The second kappa shape index (κ2) is 3.28. The largest absolute Gasteiger partial charge is 0.508 e. The van der Waals surface area contributed by atoms with Gasteiger partial charge in [0.2, 0.25) is 0 Å². The highest BCUT2D eigenvalue weighted by molar-refractivity contribution is 5.41. The molecule has 0 unspecified atom stereocenters. The van der Waals surface area contributed by atoms with Crippen LogP contribution < -0.4 is 5.73 Å². The fourth-order valence-electron chi connectivity index (χ4n) is 0.941. The van der Waals surface area contributed by atoms with Gasteiger partial charge in [0.25, 0.3) is 0 Å². The van der Waals surface area contributed by atoms with Gasteiger partial charge < -0.3 is 15.9 Å². The lowest BCUT2D eigenvalue weighted by molar-refractivity contribution is 0.444. The lowest BCUT2D eigenvalue weighted by atomic mass is 10.1. The Morgan fingerprint density at radius 1 is 1.42 bits per heavy atom. The van der Waals surface area contributed by atoms with Crippen LogP contribution in [0.1, 0.15) is 11.6 Å². The van der Waals surface area contributed by atoms with Gasteiger partial charge in [-0.15, -0.1) is 6.58 Å². The van der Waals surface area contributed by atoms with Gasteiger partial charge in [-0.05, 0) is 12.1 Å². The van der Waals surface area contributed by atoms with Gasteiger partial charge in [0, 0.05) is 11.6 Å². The molecule has 3 heteroatoms. The van der Waals surface area contributed by atoms with Crippen molar-refractivity contribution in [3.05, 3.63) is 36.4 Å². The topological polar surface area (TPSA) is 66.5 Å². The highest BCUT2D eigenvalue weighted by Gasteiger charge is 2.06. The SMILES string of the molecule is C=C[C@@H](N)c1ccc(O)cc1O. The maximum absolute atomic E-state index is 9.31. The van der Waals surface area contributed by atoms with Crippen molar-refractivity contribution in [3.8, 4) is 11.5 Å². The summed E-state index contributed by atoms with van der Waals surface area (Å²) in [6.45, 7) is 3.50. The highest BCUT2D eigenvalue weighted by Crippen LogP contribution is 2.26. The third kappa shape index (κ3) is 1.57. The molecule has 1 atom stereocenters. The van der Waals surface area contributed by atoms with Crippen molar-refractivity contribution >= 4 is 0 Å². The Labute approximate surface area is 70.8 Å². The summed E-state index contributed by atoms with van der Waals surface area (Å²) in [5, 5.41) is 18.3. The van der Waals surface area contributed by atoms with E-state index >= 15 is 0 Å². The van der Waals surface area contributed by atoms with Crippen molar-refractivity contribution in [2.24, 2.45) is 5.73 Å². The first kappa shape index (κ1) is 8.62. The molecule has 3 nitrogen and oxygen atoms in total. The summed E-state index contributed by atoms with van der Waals surface area (Å²) in [6.07, 6.45) is 1.52. The van der Waals surface area contributed by atoms with Crippen LogP contribution in [0.4, 0.5) is 0 Å². The van der Waals surface area contributed by atoms with Gasteiger partial charge in [-0.2, -0.15) is 0 Å². The fraction of sp³-hybridized carbons (Fsp3) is 0.111. The first-order valence-corrected chi connectivity index (χ1v) is 3.55. The number of aromatic hydroxyl groups is 2. The second-order valence-electron chi connectivity index (χ2n) is 2.50. The van der Waals surface area contributed by atoms with E-state index in [0.29, 0.717) is 5.56 Å². The molecule has 0 spiro atoms. The summed E-state index contributed by atoms with van der Waals surface area (Å²) in [7, 11) is 0. The van der Waals surface area contributed by atoms with Crippen molar-refractivity contribution < 1.29 is 10.2 Å². The number of benzene rings is 1. The zero-order valence-corrected chi connectivity index (χ0v) is 6.57. The molecule has 0 aromatic heterocycles. The average Bonchev–Trinajstić information content (AvgIpc) is 2.03. The van der Waals surface area contributed by atoms with E-state index in [1.807, 2.05) is 0 Å². The molecule has 0 amide bonds.